The van der Waals surface area contributed by atoms with Crippen molar-refractivity contribution in [1.82, 2.24) is 15.5 Å². The van der Waals surface area contributed by atoms with Gasteiger partial charge in [-0.05, 0) is 56.5 Å². The number of nitrogens with one attached hydrogen (secondary N) is 3. The van der Waals surface area contributed by atoms with E-state index >= 15 is 0 Å². The third kappa shape index (κ3) is 7.19. The molecule has 0 spiro atoms. The van der Waals surface area contributed by atoms with Crippen molar-refractivity contribution in [2.24, 2.45) is 5.92 Å². The molecule has 0 saturated heterocycles. The zero-order chi connectivity index (χ0) is 21.3. The van der Waals surface area contributed by atoms with Crippen molar-refractivity contribution >= 4 is 34.8 Å². The molecule has 0 saturated carbocycles. The summed E-state index contributed by atoms with van der Waals surface area (Å²) < 4.78 is 0. The van der Waals surface area contributed by atoms with Crippen LogP contribution >= 0.6 is 12.4 Å². The highest BCUT2D eigenvalue weighted by Crippen LogP contribution is 2.26. The minimum absolute atomic E-state index is 0. The number of unbranched alkanes of at least 4 members (excludes halogenated alkanes) is 1. The average molecular weight is 443 g/mol. The Morgan fingerprint density at radius 2 is 1.81 bits per heavy atom. The van der Waals surface area contributed by atoms with Gasteiger partial charge in [-0.2, -0.15) is 5.10 Å². The van der Waals surface area contributed by atoms with E-state index in [0.29, 0.717) is 23.4 Å². The molecule has 6 nitrogen and oxygen atoms in total. The van der Waals surface area contributed by atoms with Gasteiger partial charge in [0.15, 0.2) is 0 Å². The number of rotatable bonds is 10. The molecule has 0 fully saturated rings. The minimum atomic E-state index is -0.211. The van der Waals surface area contributed by atoms with Crippen LogP contribution in [0, 0.1) is 5.92 Å². The predicted molar refractivity (Wildman–Crippen MR) is 130 cm³/mol. The standard InChI is InChI=1S/C24H30N4O2.ClH/c1-17(2)13-15-25-14-6-5-12-22(29)26-19-9-7-8-18(16-19)23-20-10-3-4-11-21(20)24(30)28-27-23;/h3-4,7-11,16-17,25H,5-6,12-15H2,1-2H3,(H,26,29)(H,28,30);1H. The molecule has 1 aromatic heterocycles. The van der Waals surface area contributed by atoms with Crippen LogP contribution in [0.2, 0.25) is 0 Å². The molecule has 1 heterocycles. The lowest BCUT2D eigenvalue weighted by Gasteiger charge is -2.09. The molecular formula is C24H31ClN4O2. The zero-order valence-corrected chi connectivity index (χ0v) is 18.9. The molecule has 0 radical (unpaired) electrons. The molecule has 0 unspecified atom stereocenters. The van der Waals surface area contributed by atoms with Gasteiger partial charge in [0, 0.05) is 23.1 Å². The van der Waals surface area contributed by atoms with Crippen molar-refractivity contribution < 1.29 is 4.79 Å². The Hall–Kier alpha value is -2.70. The summed E-state index contributed by atoms with van der Waals surface area (Å²) in [7, 11) is 0. The summed E-state index contributed by atoms with van der Waals surface area (Å²) in [5, 5.41) is 14.6. The topological polar surface area (TPSA) is 86.9 Å². The molecule has 31 heavy (non-hydrogen) atoms. The fourth-order valence-corrected chi connectivity index (χ4v) is 3.35. The first kappa shape index (κ1) is 24.6. The van der Waals surface area contributed by atoms with Crippen LogP contribution < -0.4 is 16.2 Å². The number of benzene rings is 2. The van der Waals surface area contributed by atoms with Gasteiger partial charge in [-0.25, -0.2) is 5.10 Å². The van der Waals surface area contributed by atoms with Gasteiger partial charge in [0.2, 0.25) is 5.91 Å². The smallest absolute Gasteiger partial charge is 0.272 e. The lowest BCUT2D eigenvalue weighted by molar-refractivity contribution is -0.116. The Balaban J connectivity index is 0.00000341. The lowest BCUT2D eigenvalue weighted by atomic mass is 10.0. The number of carbonyl (C=O) groups is 1. The Labute approximate surface area is 189 Å². The fourth-order valence-electron chi connectivity index (χ4n) is 3.35. The number of carbonyl (C=O) groups excluding carboxylic acids is 1. The van der Waals surface area contributed by atoms with Crippen LogP contribution in [-0.4, -0.2) is 29.2 Å². The summed E-state index contributed by atoms with van der Waals surface area (Å²) in [6.45, 7) is 6.41. The van der Waals surface area contributed by atoms with Crippen LogP contribution in [0.25, 0.3) is 22.0 Å². The number of anilines is 1. The molecule has 7 heteroatoms. The van der Waals surface area contributed by atoms with Crippen molar-refractivity contribution in [2.45, 2.75) is 39.5 Å². The maximum atomic E-state index is 12.3. The molecule has 3 aromatic rings. The van der Waals surface area contributed by atoms with Crippen molar-refractivity contribution in [2.75, 3.05) is 18.4 Å². The van der Waals surface area contributed by atoms with Gasteiger partial charge >= 0.3 is 0 Å². The number of amides is 1. The second-order valence-electron chi connectivity index (χ2n) is 7.97. The first-order valence-electron chi connectivity index (χ1n) is 10.6. The van der Waals surface area contributed by atoms with Crippen molar-refractivity contribution in [1.29, 1.82) is 0 Å². The van der Waals surface area contributed by atoms with E-state index in [0.717, 1.165) is 42.6 Å². The molecule has 0 atom stereocenters. The molecule has 3 rings (SSSR count). The Morgan fingerprint density at radius 1 is 1.03 bits per heavy atom. The molecule has 0 bridgehead atoms. The minimum Gasteiger partial charge on any atom is -0.326 e. The highest BCUT2D eigenvalue weighted by Gasteiger charge is 2.10. The molecule has 1 amide bonds. The Morgan fingerprint density at radius 3 is 2.58 bits per heavy atom. The van der Waals surface area contributed by atoms with E-state index in [-0.39, 0.29) is 23.9 Å². The molecule has 3 N–H and O–H groups in total. The number of hydrogen-bond donors (Lipinski definition) is 3. The highest BCUT2D eigenvalue weighted by molar-refractivity contribution is 5.95. The maximum Gasteiger partial charge on any atom is 0.272 e. The summed E-state index contributed by atoms with van der Waals surface area (Å²) in [6.07, 6.45) is 3.51. The van der Waals surface area contributed by atoms with Gasteiger partial charge in [0.05, 0.1) is 11.1 Å². The number of aromatic nitrogens is 2. The molecule has 2 aromatic carbocycles. The van der Waals surface area contributed by atoms with Gasteiger partial charge in [0.25, 0.3) is 5.56 Å². The Bertz CT molecular complexity index is 1050. The summed E-state index contributed by atoms with van der Waals surface area (Å²) >= 11 is 0. The van der Waals surface area contributed by atoms with E-state index < -0.39 is 0 Å². The molecular weight excluding hydrogens is 412 g/mol. The van der Waals surface area contributed by atoms with Crippen LogP contribution in [0.4, 0.5) is 5.69 Å². The largest absolute Gasteiger partial charge is 0.326 e. The van der Waals surface area contributed by atoms with Gasteiger partial charge in [-0.15, -0.1) is 12.4 Å². The summed E-state index contributed by atoms with van der Waals surface area (Å²) in [5.74, 6) is 0.719. The number of nitrogens with zero attached hydrogens (tertiary/aromatic N) is 1. The summed E-state index contributed by atoms with van der Waals surface area (Å²) in [5.41, 5.74) is 2.05. The summed E-state index contributed by atoms with van der Waals surface area (Å²) in [4.78, 5) is 24.3. The number of fused-ring (bicyclic) bond motifs is 1. The number of halogens is 1. The van der Waals surface area contributed by atoms with Gasteiger partial charge in [0.1, 0.15) is 0 Å². The van der Waals surface area contributed by atoms with E-state index in [4.69, 9.17) is 0 Å². The maximum absolute atomic E-state index is 12.3. The van der Waals surface area contributed by atoms with Crippen LogP contribution in [0.3, 0.4) is 0 Å². The number of aromatic amines is 1. The predicted octanol–water partition coefficient (Wildman–Crippen LogP) is 4.76. The van der Waals surface area contributed by atoms with Crippen molar-refractivity contribution in [3.05, 3.63) is 58.9 Å². The van der Waals surface area contributed by atoms with E-state index in [2.05, 4.69) is 34.7 Å². The van der Waals surface area contributed by atoms with Crippen LogP contribution in [0.15, 0.2) is 53.3 Å². The van der Waals surface area contributed by atoms with Crippen molar-refractivity contribution in [3.63, 3.8) is 0 Å². The van der Waals surface area contributed by atoms with Crippen LogP contribution in [0.1, 0.15) is 39.5 Å². The van der Waals surface area contributed by atoms with Crippen molar-refractivity contribution in [3.8, 4) is 11.3 Å². The SMILES string of the molecule is CC(C)CCNCCCCC(=O)Nc1cccc(-c2n[nH]c(=O)c3ccccc23)c1.Cl. The van der Waals surface area contributed by atoms with Gasteiger partial charge in [-0.1, -0.05) is 44.2 Å². The third-order valence-electron chi connectivity index (χ3n) is 5.02. The van der Waals surface area contributed by atoms with Crippen LogP contribution in [-0.2, 0) is 4.79 Å². The molecule has 166 valence electrons. The molecule has 0 aliphatic carbocycles. The Kier molecular flexibility index (Phi) is 9.69. The van der Waals surface area contributed by atoms with Crippen LogP contribution in [0.5, 0.6) is 0 Å². The molecule has 0 aliphatic rings. The highest BCUT2D eigenvalue weighted by atomic mass is 35.5. The van der Waals surface area contributed by atoms with Gasteiger partial charge in [-0.3, -0.25) is 9.59 Å². The second kappa shape index (κ2) is 12.2. The zero-order valence-electron chi connectivity index (χ0n) is 18.1. The van der Waals surface area contributed by atoms with Gasteiger partial charge < -0.3 is 10.6 Å². The average Bonchev–Trinajstić information content (AvgIpc) is 2.73. The lowest BCUT2D eigenvalue weighted by Crippen LogP contribution is -2.18. The fraction of sp³-hybridized carbons (Fsp3) is 0.375. The first-order valence-corrected chi connectivity index (χ1v) is 10.6. The third-order valence-corrected chi connectivity index (χ3v) is 5.02. The number of H-pyrrole nitrogens is 1. The summed E-state index contributed by atoms with van der Waals surface area (Å²) in [6, 6.07) is 14.9. The number of hydrogen-bond acceptors (Lipinski definition) is 4. The quantitative estimate of drug-likeness (QED) is 0.395. The van der Waals surface area contributed by atoms with E-state index in [1.807, 2.05) is 42.5 Å². The first-order chi connectivity index (χ1) is 14.5. The molecule has 0 aliphatic heterocycles. The van der Waals surface area contributed by atoms with E-state index in [1.54, 1.807) is 6.07 Å². The monoisotopic (exact) mass is 442 g/mol. The normalized spacial score (nSPS) is 10.8. The van der Waals surface area contributed by atoms with E-state index in [9.17, 15) is 9.59 Å². The van der Waals surface area contributed by atoms with E-state index in [1.165, 1.54) is 6.42 Å². The second-order valence-corrected chi connectivity index (χ2v) is 7.97.